The lowest BCUT2D eigenvalue weighted by molar-refractivity contribution is 0.0996. The predicted molar refractivity (Wildman–Crippen MR) is 72.9 cm³/mol. The quantitative estimate of drug-likeness (QED) is 0.755. The lowest BCUT2D eigenvalue weighted by Gasteiger charge is -2.04. The van der Waals surface area contributed by atoms with Gasteiger partial charge < -0.3 is 0 Å². The van der Waals surface area contributed by atoms with E-state index in [1.54, 1.807) is 17.4 Å². The molecule has 0 saturated heterocycles. The van der Waals surface area contributed by atoms with Crippen molar-refractivity contribution in [1.82, 2.24) is 0 Å². The van der Waals surface area contributed by atoms with Crippen LogP contribution in [0.2, 0.25) is 0 Å². The molecule has 0 N–H and O–H groups in total. The number of hydrogen-bond donors (Lipinski definition) is 0. The van der Waals surface area contributed by atoms with Crippen molar-refractivity contribution >= 4 is 17.1 Å². The Kier molecular flexibility index (Phi) is 3.92. The molecule has 1 nitrogen and oxygen atoms in total. The minimum atomic E-state index is -0.256. The maximum atomic E-state index is 13.0. The van der Waals surface area contributed by atoms with Gasteiger partial charge in [0.1, 0.15) is 5.82 Å². The molecule has 0 amide bonds. The van der Waals surface area contributed by atoms with Gasteiger partial charge in [-0.1, -0.05) is 13.0 Å². The summed E-state index contributed by atoms with van der Waals surface area (Å²) in [4.78, 5) is 14.1. The van der Waals surface area contributed by atoms with Gasteiger partial charge in [0, 0.05) is 11.3 Å². The summed E-state index contributed by atoms with van der Waals surface area (Å²) in [6.45, 7) is 3.90. The molecule has 0 unspecified atom stereocenters. The van der Waals surface area contributed by atoms with Crippen molar-refractivity contribution in [2.75, 3.05) is 0 Å². The van der Waals surface area contributed by atoms with Crippen LogP contribution in [0.25, 0.3) is 0 Å². The van der Waals surface area contributed by atoms with Gasteiger partial charge in [-0.25, -0.2) is 4.39 Å². The molecule has 2 aromatic rings. The number of hydrogen-bond acceptors (Lipinski definition) is 2. The summed E-state index contributed by atoms with van der Waals surface area (Å²) in [6, 6.07) is 8.44. The maximum Gasteiger partial charge on any atom is 0.177 e. The first kappa shape index (κ1) is 13.0. The zero-order chi connectivity index (χ0) is 13.1. The summed E-state index contributed by atoms with van der Waals surface area (Å²) in [5, 5.41) is 0. The van der Waals surface area contributed by atoms with Crippen molar-refractivity contribution in [2.45, 2.75) is 26.7 Å². The van der Waals surface area contributed by atoms with Crippen LogP contribution in [0.4, 0.5) is 4.39 Å². The van der Waals surface area contributed by atoms with Crippen LogP contribution < -0.4 is 0 Å². The molecule has 1 aromatic heterocycles. The van der Waals surface area contributed by atoms with Crippen LogP contribution >= 0.6 is 11.3 Å². The Bertz CT molecular complexity index is 572. The second-order valence-electron chi connectivity index (χ2n) is 4.29. The first-order valence-electron chi connectivity index (χ1n) is 5.97. The highest BCUT2D eigenvalue weighted by atomic mass is 32.1. The number of carbonyl (C=O) groups is 1. The van der Waals surface area contributed by atoms with Crippen molar-refractivity contribution in [3.63, 3.8) is 0 Å². The highest BCUT2D eigenvalue weighted by Gasteiger charge is 2.11. The van der Waals surface area contributed by atoms with Gasteiger partial charge >= 0.3 is 0 Å². The number of rotatable bonds is 4. The topological polar surface area (TPSA) is 17.1 Å². The molecule has 1 aromatic carbocycles. The minimum Gasteiger partial charge on any atom is -0.293 e. The van der Waals surface area contributed by atoms with Crippen molar-refractivity contribution < 1.29 is 9.18 Å². The third-order valence-corrected chi connectivity index (χ3v) is 4.21. The lowest BCUT2D eigenvalue weighted by atomic mass is 10.0. The Morgan fingerprint density at radius 2 is 2.06 bits per heavy atom. The van der Waals surface area contributed by atoms with Gasteiger partial charge in [-0.2, -0.15) is 0 Å². The number of thiophene rings is 1. The molecule has 1 heterocycles. The summed E-state index contributed by atoms with van der Waals surface area (Å²) in [6.07, 6.45) is 1.29. The van der Waals surface area contributed by atoms with Gasteiger partial charge in [0.05, 0.1) is 4.88 Å². The average Bonchev–Trinajstić information content (AvgIpc) is 2.81. The van der Waals surface area contributed by atoms with Crippen molar-refractivity contribution in [1.29, 1.82) is 0 Å². The molecule has 3 heteroatoms. The second kappa shape index (κ2) is 5.44. The third-order valence-electron chi connectivity index (χ3n) is 2.94. The van der Waals surface area contributed by atoms with E-state index in [1.165, 1.54) is 17.0 Å². The molecule has 0 fully saturated rings. The molecule has 0 aliphatic heterocycles. The van der Waals surface area contributed by atoms with Crippen LogP contribution in [0, 0.1) is 12.7 Å². The Hall–Kier alpha value is -1.48. The monoisotopic (exact) mass is 262 g/mol. The van der Waals surface area contributed by atoms with Gasteiger partial charge in [0.15, 0.2) is 5.78 Å². The standard InChI is InChI=1S/C15H15FOS/c1-3-13-6-7-15(18-13)14(17)9-11-4-5-12(16)8-10(11)2/h4-8H,3,9H2,1-2H3. The number of ketones is 1. The number of carbonyl (C=O) groups excluding carboxylic acids is 1. The molecule has 0 bridgehead atoms. The van der Waals surface area contributed by atoms with E-state index in [-0.39, 0.29) is 11.6 Å². The molecule has 2 rings (SSSR count). The molecule has 0 saturated carbocycles. The largest absolute Gasteiger partial charge is 0.293 e. The number of benzene rings is 1. The highest BCUT2D eigenvalue weighted by Crippen LogP contribution is 2.20. The maximum absolute atomic E-state index is 13.0. The van der Waals surface area contributed by atoms with Gasteiger partial charge in [-0.15, -0.1) is 11.3 Å². The van der Waals surface area contributed by atoms with E-state index in [4.69, 9.17) is 0 Å². The summed E-state index contributed by atoms with van der Waals surface area (Å²) >= 11 is 1.55. The van der Waals surface area contributed by atoms with E-state index in [2.05, 4.69) is 6.92 Å². The Morgan fingerprint density at radius 3 is 2.67 bits per heavy atom. The van der Waals surface area contributed by atoms with Crippen molar-refractivity contribution in [2.24, 2.45) is 0 Å². The first-order chi connectivity index (χ1) is 8.60. The molecular formula is C15H15FOS. The SMILES string of the molecule is CCc1ccc(C(=O)Cc2ccc(F)cc2C)s1. The lowest BCUT2D eigenvalue weighted by Crippen LogP contribution is -2.03. The van der Waals surface area contributed by atoms with E-state index >= 15 is 0 Å². The molecule has 0 aliphatic rings. The molecule has 0 atom stereocenters. The molecule has 0 spiro atoms. The summed E-state index contributed by atoms with van der Waals surface area (Å²) < 4.78 is 13.0. The van der Waals surface area contributed by atoms with Gasteiger partial charge in [0.25, 0.3) is 0 Å². The smallest absolute Gasteiger partial charge is 0.177 e. The Balaban J connectivity index is 2.16. The van der Waals surface area contributed by atoms with Crippen LogP contribution in [-0.2, 0) is 12.8 Å². The Labute approximate surface area is 110 Å². The average molecular weight is 262 g/mol. The second-order valence-corrected chi connectivity index (χ2v) is 5.46. The fourth-order valence-electron chi connectivity index (χ4n) is 1.84. The molecule has 0 radical (unpaired) electrons. The van der Waals surface area contributed by atoms with Crippen LogP contribution in [0.3, 0.4) is 0 Å². The fourth-order valence-corrected chi connectivity index (χ4v) is 2.72. The van der Waals surface area contributed by atoms with Crippen LogP contribution in [0.15, 0.2) is 30.3 Å². The summed E-state index contributed by atoms with van der Waals surface area (Å²) in [5.74, 6) is -0.150. The van der Waals surface area contributed by atoms with E-state index in [0.717, 1.165) is 22.4 Å². The van der Waals surface area contributed by atoms with E-state index in [9.17, 15) is 9.18 Å². The minimum absolute atomic E-state index is 0.106. The summed E-state index contributed by atoms with van der Waals surface area (Å²) in [5.41, 5.74) is 1.73. The number of aryl methyl sites for hydroxylation is 2. The zero-order valence-corrected chi connectivity index (χ0v) is 11.3. The molecular weight excluding hydrogens is 247 g/mol. The van der Waals surface area contributed by atoms with Crippen LogP contribution in [-0.4, -0.2) is 5.78 Å². The molecule has 0 aliphatic carbocycles. The molecule has 18 heavy (non-hydrogen) atoms. The Morgan fingerprint density at radius 1 is 1.28 bits per heavy atom. The van der Waals surface area contributed by atoms with E-state index in [1.807, 2.05) is 19.1 Å². The zero-order valence-electron chi connectivity index (χ0n) is 10.5. The predicted octanol–water partition coefficient (Wildman–Crippen LogP) is 4.18. The molecule has 94 valence electrons. The number of Topliss-reactive ketones (excluding diaryl/α,β-unsaturated/α-hetero) is 1. The van der Waals surface area contributed by atoms with Crippen molar-refractivity contribution in [3.8, 4) is 0 Å². The van der Waals surface area contributed by atoms with Crippen molar-refractivity contribution in [3.05, 3.63) is 57.0 Å². The highest BCUT2D eigenvalue weighted by molar-refractivity contribution is 7.14. The first-order valence-corrected chi connectivity index (χ1v) is 6.78. The van der Waals surface area contributed by atoms with Gasteiger partial charge in [0.2, 0.25) is 0 Å². The van der Waals surface area contributed by atoms with Crippen LogP contribution in [0.1, 0.15) is 32.6 Å². The van der Waals surface area contributed by atoms with Gasteiger partial charge in [-0.3, -0.25) is 4.79 Å². The summed E-state index contributed by atoms with van der Waals surface area (Å²) in [7, 11) is 0. The number of halogens is 1. The van der Waals surface area contributed by atoms with Gasteiger partial charge in [-0.05, 0) is 48.7 Å². The van der Waals surface area contributed by atoms with Crippen LogP contribution in [0.5, 0.6) is 0 Å². The van der Waals surface area contributed by atoms with E-state index < -0.39 is 0 Å². The third kappa shape index (κ3) is 2.85. The normalized spacial score (nSPS) is 10.6. The van der Waals surface area contributed by atoms with E-state index in [0.29, 0.717) is 6.42 Å². The fraction of sp³-hybridized carbons (Fsp3) is 0.267.